The highest BCUT2D eigenvalue weighted by molar-refractivity contribution is 6.30. The van der Waals surface area contributed by atoms with Crippen LogP contribution in [-0.4, -0.2) is 35.5 Å². The van der Waals surface area contributed by atoms with E-state index in [1.165, 1.54) is 0 Å². The third-order valence-electron chi connectivity index (χ3n) is 2.75. The lowest BCUT2D eigenvalue weighted by molar-refractivity contribution is -0.129. The molecule has 18 heavy (non-hydrogen) atoms. The van der Waals surface area contributed by atoms with Crippen LogP contribution in [0.25, 0.3) is 0 Å². The maximum absolute atomic E-state index is 11.7. The maximum Gasteiger partial charge on any atom is 0.236 e. The van der Waals surface area contributed by atoms with Gasteiger partial charge >= 0.3 is 0 Å². The molecule has 0 saturated heterocycles. The molecule has 0 bridgehead atoms. The second-order valence-electron chi connectivity index (χ2n) is 3.94. The van der Waals surface area contributed by atoms with Crippen LogP contribution in [-0.2, 0) is 11.3 Å². The third-order valence-corrected chi connectivity index (χ3v) is 2.98. The molecule has 0 aromatic heterocycles. The minimum atomic E-state index is 0.0570. The molecule has 0 saturated carbocycles. The first-order valence-corrected chi connectivity index (χ1v) is 6.42. The smallest absolute Gasteiger partial charge is 0.236 e. The van der Waals surface area contributed by atoms with E-state index < -0.39 is 0 Å². The van der Waals surface area contributed by atoms with Crippen LogP contribution in [0.2, 0.25) is 5.02 Å². The van der Waals surface area contributed by atoms with E-state index in [9.17, 15) is 9.90 Å². The number of amides is 1. The topological polar surface area (TPSA) is 52.6 Å². The third kappa shape index (κ3) is 4.20. The molecule has 1 amide bonds. The number of rotatable bonds is 6. The van der Waals surface area contributed by atoms with E-state index in [2.05, 4.69) is 5.32 Å². The predicted molar refractivity (Wildman–Crippen MR) is 72.8 cm³/mol. The first-order valence-electron chi connectivity index (χ1n) is 6.04. The van der Waals surface area contributed by atoms with Crippen LogP contribution in [0.5, 0.6) is 5.75 Å². The highest BCUT2D eigenvalue weighted by atomic mass is 35.5. The number of likely N-dealkylation sites (N-methyl/N-ethyl adjacent to an activating group) is 1. The molecule has 0 aliphatic heterocycles. The summed E-state index contributed by atoms with van der Waals surface area (Å²) in [6.45, 7) is 5.99. The zero-order valence-electron chi connectivity index (χ0n) is 10.7. The molecule has 5 heteroatoms. The average molecular weight is 271 g/mol. The van der Waals surface area contributed by atoms with E-state index in [1.807, 2.05) is 13.8 Å². The van der Waals surface area contributed by atoms with Gasteiger partial charge in [-0.25, -0.2) is 0 Å². The maximum atomic E-state index is 11.7. The quantitative estimate of drug-likeness (QED) is 0.831. The average Bonchev–Trinajstić information content (AvgIpc) is 2.35. The van der Waals surface area contributed by atoms with E-state index in [1.54, 1.807) is 23.1 Å². The van der Waals surface area contributed by atoms with Crippen LogP contribution in [0.4, 0.5) is 0 Å². The minimum absolute atomic E-state index is 0.0570. The molecular weight excluding hydrogens is 252 g/mol. The number of phenolic OH excluding ortho intramolecular Hbond substituents is 1. The minimum Gasteiger partial charge on any atom is -0.508 e. The lowest BCUT2D eigenvalue weighted by atomic mass is 10.2. The Morgan fingerprint density at radius 2 is 2.06 bits per heavy atom. The Labute approximate surface area is 113 Å². The van der Waals surface area contributed by atoms with Gasteiger partial charge in [-0.1, -0.05) is 11.6 Å². The standard InChI is InChI=1S/C13H19ClN2O2/c1-3-16(4-2)13(18)9-15-8-10-7-11(14)5-6-12(10)17/h5-7,15,17H,3-4,8-9H2,1-2H3. The van der Waals surface area contributed by atoms with Gasteiger partial charge < -0.3 is 15.3 Å². The van der Waals surface area contributed by atoms with Crippen molar-refractivity contribution in [1.82, 2.24) is 10.2 Å². The summed E-state index contributed by atoms with van der Waals surface area (Å²) in [7, 11) is 0. The number of benzene rings is 1. The van der Waals surface area contributed by atoms with Crippen molar-refractivity contribution >= 4 is 17.5 Å². The Kier molecular flexibility index (Phi) is 5.95. The van der Waals surface area contributed by atoms with Crippen molar-refractivity contribution in [3.05, 3.63) is 28.8 Å². The van der Waals surface area contributed by atoms with E-state index in [4.69, 9.17) is 11.6 Å². The summed E-state index contributed by atoms with van der Waals surface area (Å²) in [6, 6.07) is 4.86. The largest absolute Gasteiger partial charge is 0.508 e. The molecule has 0 spiro atoms. The lowest BCUT2D eigenvalue weighted by Crippen LogP contribution is -2.37. The van der Waals surface area contributed by atoms with Gasteiger partial charge in [0.1, 0.15) is 5.75 Å². The molecule has 0 radical (unpaired) electrons. The Balaban J connectivity index is 2.46. The summed E-state index contributed by atoms with van der Waals surface area (Å²) >= 11 is 5.84. The molecule has 0 aliphatic carbocycles. The lowest BCUT2D eigenvalue weighted by Gasteiger charge is -2.18. The zero-order valence-corrected chi connectivity index (χ0v) is 11.5. The number of hydrogen-bond donors (Lipinski definition) is 2. The molecule has 2 N–H and O–H groups in total. The van der Waals surface area contributed by atoms with Crippen molar-refractivity contribution in [3.63, 3.8) is 0 Å². The van der Waals surface area contributed by atoms with Crippen LogP contribution in [0.1, 0.15) is 19.4 Å². The van der Waals surface area contributed by atoms with Crippen molar-refractivity contribution in [1.29, 1.82) is 0 Å². The molecule has 0 unspecified atom stereocenters. The van der Waals surface area contributed by atoms with Gasteiger partial charge in [-0.05, 0) is 32.0 Å². The van der Waals surface area contributed by atoms with Gasteiger partial charge in [0.2, 0.25) is 5.91 Å². The van der Waals surface area contributed by atoms with Gasteiger partial charge in [-0.15, -0.1) is 0 Å². The fourth-order valence-electron chi connectivity index (χ4n) is 1.69. The number of halogens is 1. The number of aromatic hydroxyl groups is 1. The van der Waals surface area contributed by atoms with E-state index >= 15 is 0 Å². The summed E-state index contributed by atoms with van der Waals surface area (Å²) < 4.78 is 0. The van der Waals surface area contributed by atoms with Gasteiger partial charge in [0.15, 0.2) is 0 Å². The SMILES string of the molecule is CCN(CC)C(=O)CNCc1cc(Cl)ccc1O. The van der Waals surface area contributed by atoms with Gasteiger partial charge in [0.05, 0.1) is 6.54 Å². The molecule has 1 aromatic rings. The summed E-state index contributed by atoms with van der Waals surface area (Å²) in [6.07, 6.45) is 0. The second kappa shape index (κ2) is 7.24. The normalized spacial score (nSPS) is 10.4. The molecule has 0 atom stereocenters. The van der Waals surface area contributed by atoms with Crippen molar-refractivity contribution in [2.24, 2.45) is 0 Å². The van der Waals surface area contributed by atoms with Gasteiger partial charge in [-0.3, -0.25) is 4.79 Å². The van der Waals surface area contributed by atoms with Crippen molar-refractivity contribution in [2.75, 3.05) is 19.6 Å². The first-order chi connectivity index (χ1) is 8.58. The Bertz CT molecular complexity index is 406. The van der Waals surface area contributed by atoms with Crippen LogP contribution in [0.3, 0.4) is 0 Å². The Hall–Kier alpha value is -1.26. The number of carbonyl (C=O) groups is 1. The number of hydrogen-bond acceptors (Lipinski definition) is 3. The van der Waals surface area contributed by atoms with Gasteiger partial charge in [-0.2, -0.15) is 0 Å². The number of carbonyl (C=O) groups excluding carboxylic acids is 1. The van der Waals surface area contributed by atoms with Crippen LogP contribution >= 0.6 is 11.6 Å². The van der Waals surface area contributed by atoms with Crippen LogP contribution in [0, 0.1) is 0 Å². The molecule has 0 heterocycles. The molecule has 4 nitrogen and oxygen atoms in total. The number of nitrogens with one attached hydrogen (secondary N) is 1. The summed E-state index contributed by atoms with van der Waals surface area (Å²) in [5.74, 6) is 0.240. The summed E-state index contributed by atoms with van der Waals surface area (Å²) in [4.78, 5) is 13.5. The monoisotopic (exact) mass is 270 g/mol. The highest BCUT2D eigenvalue weighted by Crippen LogP contribution is 2.20. The Morgan fingerprint density at radius 3 is 2.67 bits per heavy atom. The fraction of sp³-hybridized carbons (Fsp3) is 0.462. The fourth-order valence-corrected chi connectivity index (χ4v) is 1.88. The van der Waals surface area contributed by atoms with Crippen LogP contribution < -0.4 is 5.32 Å². The molecule has 1 aromatic carbocycles. The van der Waals surface area contributed by atoms with Crippen molar-refractivity contribution in [2.45, 2.75) is 20.4 Å². The zero-order chi connectivity index (χ0) is 13.5. The number of phenols is 1. The molecule has 1 rings (SSSR count). The molecule has 0 aliphatic rings. The van der Waals surface area contributed by atoms with Gasteiger partial charge in [0.25, 0.3) is 0 Å². The number of nitrogens with zero attached hydrogens (tertiary/aromatic N) is 1. The van der Waals surface area contributed by atoms with Gasteiger partial charge in [0, 0.05) is 30.2 Å². The van der Waals surface area contributed by atoms with Crippen molar-refractivity contribution in [3.8, 4) is 5.75 Å². The van der Waals surface area contributed by atoms with E-state index in [0.29, 0.717) is 30.2 Å². The highest BCUT2D eigenvalue weighted by Gasteiger charge is 2.09. The molecule has 0 fully saturated rings. The second-order valence-corrected chi connectivity index (χ2v) is 4.38. The molecular formula is C13H19ClN2O2. The summed E-state index contributed by atoms with van der Waals surface area (Å²) in [5.41, 5.74) is 0.690. The summed E-state index contributed by atoms with van der Waals surface area (Å²) in [5, 5.41) is 13.2. The first kappa shape index (κ1) is 14.8. The van der Waals surface area contributed by atoms with E-state index in [0.717, 1.165) is 0 Å². The predicted octanol–water partition coefficient (Wildman–Crippen LogP) is 2.00. The van der Waals surface area contributed by atoms with Crippen molar-refractivity contribution < 1.29 is 9.90 Å². The molecule has 100 valence electrons. The Morgan fingerprint density at radius 1 is 1.39 bits per heavy atom. The van der Waals surface area contributed by atoms with Crippen LogP contribution in [0.15, 0.2) is 18.2 Å². The van der Waals surface area contributed by atoms with E-state index in [-0.39, 0.29) is 18.2 Å².